The van der Waals surface area contributed by atoms with Gasteiger partial charge in [0.1, 0.15) is 12.1 Å². The first-order valence-corrected chi connectivity index (χ1v) is 10.7. The first-order valence-electron chi connectivity index (χ1n) is 10.7. The number of nitrogens with zero attached hydrogens (tertiary/aromatic N) is 1. The zero-order valence-corrected chi connectivity index (χ0v) is 18.3. The summed E-state index contributed by atoms with van der Waals surface area (Å²) in [6, 6.07) is 6.35. The Balaban J connectivity index is 1.68. The van der Waals surface area contributed by atoms with Crippen molar-refractivity contribution in [2.24, 2.45) is 5.41 Å². The van der Waals surface area contributed by atoms with E-state index in [1.807, 2.05) is 52.0 Å². The molecule has 3 amide bonds. The smallest absolute Gasteiger partial charge is 0.258 e. The van der Waals surface area contributed by atoms with E-state index in [-0.39, 0.29) is 24.7 Å². The normalized spacial score (nSPS) is 21.1. The monoisotopic (exact) mass is 417 g/mol. The molecule has 2 N–H and O–H groups in total. The van der Waals surface area contributed by atoms with Crippen LogP contribution in [0.4, 0.5) is 4.39 Å². The Morgan fingerprint density at radius 2 is 1.90 bits per heavy atom. The number of hydrogen-bond acceptors (Lipinski definition) is 3. The lowest BCUT2D eigenvalue weighted by Gasteiger charge is -2.35. The van der Waals surface area contributed by atoms with Crippen molar-refractivity contribution in [3.63, 3.8) is 0 Å². The summed E-state index contributed by atoms with van der Waals surface area (Å²) in [5.41, 5.74) is -0.339. The number of benzene rings is 1. The van der Waals surface area contributed by atoms with Crippen LogP contribution in [0.3, 0.4) is 0 Å². The van der Waals surface area contributed by atoms with Crippen LogP contribution in [-0.4, -0.2) is 46.9 Å². The van der Waals surface area contributed by atoms with Crippen molar-refractivity contribution >= 4 is 17.7 Å². The van der Waals surface area contributed by atoms with E-state index in [0.29, 0.717) is 25.9 Å². The van der Waals surface area contributed by atoms with Crippen LogP contribution in [0.2, 0.25) is 0 Å². The van der Waals surface area contributed by atoms with Gasteiger partial charge in [-0.2, -0.15) is 0 Å². The Labute approximate surface area is 177 Å². The van der Waals surface area contributed by atoms with E-state index in [4.69, 9.17) is 0 Å². The minimum absolute atomic E-state index is 0.192. The second-order valence-corrected chi connectivity index (χ2v) is 9.57. The van der Waals surface area contributed by atoms with Crippen molar-refractivity contribution in [3.05, 3.63) is 35.4 Å². The average Bonchev–Trinajstić information content (AvgIpc) is 3.25. The van der Waals surface area contributed by atoms with Gasteiger partial charge in [0.25, 0.3) is 5.91 Å². The van der Waals surface area contributed by atoms with Gasteiger partial charge in [-0.1, -0.05) is 45.0 Å². The number of hydrogen-bond donors (Lipinski definition) is 2. The van der Waals surface area contributed by atoms with Gasteiger partial charge in [-0.3, -0.25) is 14.4 Å². The molecule has 0 bridgehead atoms. The first-order chi connectivity index (χ1) is 14.0. The fraction of sp³-hybridized carbons (Fsp3) is 0.609. The SMILES string of the molecule is Cc1ccccc1CNC(=O)C1CCCN1C(=O)C(NC(=O)C1(F)CC1)C(C)(C)C. The third kappa shape index (κ3) is 4.82. The van der Waals surface area contributed by atoms with Crippen molar-refractivity contribution in [2.45, 2.75) is 77.7 Å². The molecule has 164 valence electrons. The first kappa shape index (κ1) is 22.2. The summed E-state index contributed by atoms with van der Waals surface area (Å²) in [5.74, 6) is -1.25. The topological polar surface area (TPSA) is 78.5 Å². The molecule has 30 heavy (non-hydrogen) atoms. The average molecular weight is 418 g/mol. The zero-order chi connectivity index (χ0) is 22.1. The van der Waals surface area contributed by atoms with Gasteiger partial charge >= 0.3 is 0 Å². The number of carbonyl (C=O) groups is 3. The minimum atomic E-state index is -1.85. The number of halogens is 1. The van der Waals surface area contributed by atoms with Gasteiger partial charge < -0.3 is 15.5 Å². The van der Waals surface area contributed by atoms with Crippen LogP contribution >= 0.6 is 0 Å². The second kappa shape index (κ2) is 8.36. The van der Waals surface area contributed by atoms with E-state index in [1.165, 1.54) is 0 Å². The Hall–Kier alpha value is -2.44. The molecule has 2 fully saturated rings. The number of likely N-dealkylation sites (tertiary alicyclic amines) is 1. The Morgan fingerprint density at radius 3 is 2.50 bits per heavy atom. The summed E-state index contributed by atoms with van der Waals surface area (Å²) in [7, 11) is 0. The maximum atomic E-state index is 14.2. The quantitative estimate of drug-likeness (QED) is 0.747. The van der Waals surface area contributed by atoms with Crippen LogP contribution in [0.15, 0.2) is 24.3 Å². The molecule has 3 rings (SSSR count). The molecule has 1 aromatic rings. The Bertz CT molecular complexity index is 829. The molecule has 2 atom stereocenters. The van der Waals surface area contributed by atoms with Crippen molar-refractivity contribution in [2.75, 3.05) is 6.54 Å². The molecule has 0 radical (unpaired) electrons. The molecule has 1 saturated heterocycles. The largest absolute Gasteiger partial charge is 0.350 e. The molecule has 6 nitrogen and oxygen atoms in total. The lowest BCUT2D eigenvalue weighted by molar-refractivity contribution is -0.144. The molecule has 7 heteroatoms. The standard InChI is InChI=1S/C23H32FN3O3/c1-15-8-5-6-9-16(15)14-25-19(28)17-10-7-13-27(17)20(29)18(22(2,3)4)26-21(30)23(24)11-12-23/h5-6,8-9,17-18H,7,10-14H2,1-4H3,(H,25,28)(H,26,30). The molecule has 2 aliphatic rings. The van der Waals surface area contributed by atoms with Gasteiger partial charge in [-0.05, 0) is 49.1 Å². The van der Waals surface area contributed by atoms with Crippen LogP contribution in [0.5, 0.6) is 0 Å². The number of nitrogens with one attached hydrogen (secondary N) is 2. The van der Waals surface area contributed by atoms with Gasteiger partial charge in [0.05, 0.1) is 0 Å². The molecule has 1 heterocycles. The Kier molecular flexibility index (Phi) is 6.20. The van der Waals surface area contributed by atoms with Gasteiger partial charge in [0.2, 0.25) is 11.8 Å². The summed E-state index contributed by atoms with van der Waals surface area (Å²) in [6.07, 6.45) is 1.67. The molecule has 1 aromatic carbocycles. The predicted octanol–water partition coefficient (Wildman–Crippen LogP) is 2.64. The van der Waals surface area contributed by atoms with Crippen LogP contribution in [0.25, 0.3) is 0 Å². The maximum Gasteiger partial charge on any atom is 0.258 e. The lowest BCUT2D eigenvalue weighted by Crippen LogP contribution is -2.58. The van der Waals surface area contributed by atoms with E-state index in [2.05, 4.69) is 10.6 Å². The number of carbonyl (C=O) groups excluding carboxylic acids is 3. The number of rotatable bonds is 6. The minimum Gasteiger partial charge on any atom is -0.350 e. The van der Waals surface area contributed by atoms with Crippen molar-refractivity contribution in [1.29, 1.82) is 0 Å². The summed E-state index contributed by atoms with van der Waals surface area (Å²) in [5, 5.41) is 5.56. The second-order valence-electron chi connectivity index (χ2n) is 9.57. The molecule has 1 saturated carbocycles. The van der Waals surface area contributed by atoms with Crippen LogP contribution in [0.1, 0.15) is 57.6 Å². The molecular formula is C23H32FN3O3. The van der Waals surface area contributed by atoms with Crippen molar-refractivity contribution in [1.82, 2.24) is 15.5 Å². The van der Waals surface area contributed by atoms with Crippen LogP contribution in [0, 0.1) is 12.3 Å². The molecule has 1 aliphatic heterocycles. The maximum absolute atomic E-state index is 14.2. The number of aryl methyl sites for hydroxylation is 1. The van der Waals surface area contributed by atoms with Gasteiger partial charge in [-0.15, -0.1) is 0 Å². The van der Waals surface area contributed by atoms with Crippen molar-refractivity contribution < 1.29 is 18.8 Å². The van der Waals surface area contributed by atoms with Crippen LogP contribution < -0.4 is 10.6 Å². The van der Waals surface area contributed by atoms with E-state index < -0.39 is 29.1 Å². The van der Waals surface area contributed by atoms with Crippen LogP contribution in [-0.2, 0) is 20.9 Å². The molecule has 0 aromatic heterocycles. The molecular weight excluding hydrogens is 385 g/mol. The summed E-state index contributed by atoms with van der Waals surface area (Å²) in [4.78, 5) is 40.0. The highest BCUT2D eigenvalue weighted by Gasteiger charge is 2.53. The number of alkyl halides is 1. The highest BCUT2D eigenvalue weighted by Crippen LogP contribution is 2.40. The highest BCUT2D eigenvalue weighted by molar-refractivity contribution is 5.95. The van der Waals surface area contributed by atoms with E-state index in [9.17, 15) is 18.8 Å². The fourth-order valence-electron chi connectivity index (χ4n) is 3.82. The Morgan fingerprint density at radius 1 is 1.23 bits per heavy atom. The highest BCUT2D eigenvalue weighted by atomic mass is 19.1. The number of amides is 3. The zero-order valence-electron chi connectivity index (χ0n) is 18.3. The van der Waals surface area contributed by atoms with Crippen molar-refractivity contribution in [3.8, 4) is 0 Å². The van der Waals surface area contributed by atoms with Gasteiger partial charge in [-0.25, -0.2) is 4.39 Å². The van der Waals surface area contributed by atoms with E-state index in [0.717, 1.165) is 11.1 Å². The van der Waals surface area contributed by atoms with Gasteiger partial charge in [0, 0.05) is 13.1 Å². The third-order valence-corrected chi connectivity index (χ3v) is 6.04. The van der Waals surface area contributed by atoms with Gasteiger partial charge in [0.15, 0.2) is 5.67 Å². The third-order valence-electron chi connectivity index (χ3n) is 6.04. The van der Waals surface area contributed by atoms with E-state index >= 15 is 0 Å². The summed E-state index contributed by atoms with van der Waals surface area (Å²) < 4.78 is 14.2. The lowest BCUT2D eigenvalue weighted by atomic mass is 9.85. The molecule has 2 unspecified atom stereocenters. The molecule has 1 aliphatic carbocycles. The predicted molar refractivity (Wildman–Crippen MR) is 112 cm³/mol. The molecule has 0 spiro atoms. The summed E-state index contributed by atoms with van der Waals surface area (Å²) >= 11 is 0. The van der Waals surface area contributed by atoms with E-state index in [1.54, 1.807) is 4.90 Å². The fourth-order valence-corrected chi connectivity index (χ4v) is 3.82. The summed E-state index contributed by atoms with van der Waals surface area (Å²) in [6.45, 7) is 8.32.